The normalized spacial score (nSPS) is 11.4. The molecule has 0 radical (unpaired) electrons. The van der Waals surface area contributed by atoms with Gasteiger partial charge in [-0.05, 0) is 53.3 Å². The van der Waals surface area contributed by atoms with Crippen molar-refractivity contribution in [3.8, 4) is 17.2 Å². The molecule has 1 amide bonds. The molecule has 0 saturated carbocycles. The summed E-state index contributed by atoms with van der Waals surface area (Å²) in [7, 11) is 0. The van der Waals surface area contributed by atoms with Crippen molar-refractivity contribution in [2.24, 2.45) is 0 Å². The van der Waals surface area contributed by atoms with Gasteiger partial charge in [0, 0.05) is 41.1 Å². The van der Waals surface area contributed by atoms with Crippen LogP contribution in [0.5, 0.6) is 0 Å². The van der Waals surface area contributed by atoms with Crippen molar-refractivity contribution in [3.05, 3.63) is 88.0 Å². The largest absolute Gasteiger partial charge is 0.357 e. The molecule has 0 aliphatic rings. The molecule has 172 valence electrons. The Morgan fingerprint density at radius 1 is 1.09 bits per heavy atom. The smallest absolute Gasteiger partial charge is 0.274 e. The molecule has 4 rings (SSSR count). The van der Waals surface area contributed by atoms with Gasteiger partial charge in [0.05, 0.1) is 12.5 Å². The lowest BCUT2D eigenvalue weighted by Gasteiger charge is -2.19. The van der Waals surface area contributed by atoms with Crippen molar-refractivity contribution in [2.45, 2.75) is 46.1 Å². The minimum Gasteiger partial charge on any atom is -0.357 e. The van der Waals surface area contributed by atoms with Crippen LogP contribution in [0.4, 0.5) is 5.69 Å². The van der Waals surface area contributed by atoms with E-state index in [-0.39, 0.29) is 23.3 Å². The zero-order valence-electron chi connectivity index (χ0n) is 19.9. The van der Waals surface area contributed by atoms with Gasteiger partial charge in [0.2, 0.25) is 0 Å². The van der Waals surface area contributed by atoms with E-state index in [4.69, 9.17) is 5.26 Å². The molecule has 2 heterocycles. The molecule has 34 heavy (non-hydrogen) atoms. The number of nitriles is 1. The number of aryl methyl sites for hydroxylation is 1. The summed E-state index contributed by atoms with van der Waals surface area (Å²) in [5, 5.41) is 12.8. The predicted octanol–water partition coefficient (Wildman–Crippen LogP) is 5.77. The minimum atomic E-state index is -0.175. The van der Waals surface area contributed by atoms with Crippen LogP contribution in [0.25, 0.3) is 22.0 Å². The molecule has 4 aromatic rings. The molecular weight excluding hydrogens is 424 g/mol. The van der Waals surface area contributed by atoms with E-state index in [9.17, 15) is 9.59 Å². The number of aromatic nitrogens is 2. The van der Waals surface area contributed by atoms with E-state index < -0.39 is 0 Å². The summed E-state index contributed by atoms with van der Waals surface area (Å²) in [6.45, 7) is 8.69. The lowest BCUT2D eigenvalue weighted by Crippen LogP contribution is -2.20. The van der Waals surface area contributed by atoms with E-state index in [1.807, 2.05) is 55.5 Å². The number of nitrogens with one attached hydrogen (secondary N) is 2. The average Bonchev–Trinajstić information content (AvgIpc) is 3.30. The number of hydrogen-bond donors (Lipinski definition) is 2. The third-order valence-electron chi connectivity index (χ3n) is 6.15. The second kappa shape index (κ2) is 9.03. The highest BCUT2D eigenvalue weighted by Gasteiger charge is 2.17. The maximum absolute atomic E-state index is 13.0. The molecular formula is C28H28N4O2. The van der Waals surface area contributed by atoms with Crippen LogP contribution in [0.15, 0.2) is 65.7 Å². The van der Waals surface area contributed by atoms with Gasteiger partial charge in [-0.2, -0.15) is 5.26 Å². The summed E-state index contributed by atoms with van der Waals surface area (Å²) in [4.78, 5) is 28.8. The lowest BCUT2D eigenvalue weighted by molar-refractivity contribution is 0.102. The third-order valence-corrected chi connectivity index (χ3v) is 6.15. The maximum Gasteiger partial charge on any atom is 0.274 e. The Hall–Kier alpha value is -4.11. The summed E-state index contributed by atoms with van der Waals surface area (Å²) in [5.74, 6) is -0.175. The summed E-state index contributed by atoms with van der Waals surface area (Å²) < 4.78 is 1.57. The molecule has 0 atom stereocenters. The maximum atomic E-state index is 13.0. The van der Waals surface area contributed by atoms with Crippen molar-refractivity contribution in [1.82, 2.24) is 9.55 Å². The van der Waals surface area contributed by atoms with Gasteiger partial charge in [-0.1, -0.05) is 45.0 Å². The van der Waals surface area contributed by atoms with E-state index in [0.29, 0.717) is 23.3 Å². The molecule has 0 fully saturated rings. The molecule has 0 bridgehead atoms. The Morgan fingerprint density at radius 3 is 2.50 bits per heavy atom. The van der Waals surface area contributed by atoms with Crippen LogP contribution < -0.4 is 10.9 Å². The molecule has 2 aromatic heterocycles. The second-order valence-electron chi connectivity index (χ2n) is 9.48. The molecule has 2 aromatic carbocycles. The Morgan fingerprint density at radius 2 is 1.82 bits per heavy atom. The Labute approximate surface area is 198 Å². The van der Waals surface area contributed by atoms with Gasteiger partial charge in [-0.3, -0.25) is 9.59 Å². The Balaban J connectivity index is 1.71. The minimum absolute atomic E-state index is 0.0211. The number of pyridine rings is 1. The van der Waals surface area contributed by atoms with Gasteiger partial charge < -0.3 is 14.9 Å². The summed E-state index contributed by atoms with van der Waals surface area (Å²) in [6, 6.07) is 17.4. The molecule has 2 N–H and O–H groups in total. The molecule has 0 aliphatic carbocycles. The second-order valence-corrected chi connectivity index (χ2v) is 9.48. The number of fused-ring (bicyclic) bond motifs is 1. The first-order valence-electron chi connectivity index (χ1n) is 11.3. The zero-order chi connectivity index (χ0) is 24.5. The first-order valence-corrected chi connectivity index (χ1v) is 11.3. The number of anilines is 1. The lowest BCUT2D eigenvalue weighted by atomic mass is 9.86. The molecule has 0 aliphatic heterocycles. The third kappa shape index (κ3) is 4.38. The van der Waals surface area contributed by atoms with Crippen LogP contribution in [0.2, 0.25) is 0 Å². The fourth-order valence-corrected chi connectivity index (χ4v) is 4.13. The number of nitrogens with zero attached hydrogens (tertiary/aromatic N) is 2. The standard InChI is InChI=1S/C28H28N4O2/c1-18-21(23-17-32(16-6-14-29)27(34)25-22(23)13-15-30-25)7-5-8-24(18)31-26(33)19-9-11-20(12-10-19)28(2,3)4/h5,7-13,15,17,30H,6,16H2,1-4H3,(H,31,33). The number of amides is 1. The van der Waals surface area contributed by atoms with Crippen LogP contribution in [0.1, 0.15) is 48.7 Å². The highest BCUT2D eigenvalue weighted by Crippen LogP contribution is 2.33. The van der Waals surface area contributed by atoms with E-state index in [0.717, 1.165) is 22.1 Å². The predicted molar refractivity (Wildman–Crippen MR) is 136 cm³/mol. The summed E-state index contributed by atoms with van der Waals surface area (Å²) >= 11 is 0. The topological polar surface area (TPSA) is 90.7 Å². The van der Waals surface area contributed by atoms with Crippen molar-refractivity contribution in [3.63, 3.8) is 0 Å². The Kier molecular flexibility index (Phi) is 6.12. The van der Waals surface area contributed by atoms with Crippen molar-refractivity contribution < 1.29 is 4.79 Å². The van der Waals surface area contributed by atoms with Crippen molar-refractivity contribution in [2.75, 3.05) is 5.32 Å². The summed E-state index contributed by atoms with van der Waals surface area (Å²) in [6.07, 6.45) is 3.79. The van der Waals surface area contributed by atoms with Crippen LogP contribution in [-0.4, -0.2) is 15.5 Å². The van der Waals surface area contributed by atoms with Crippen molar-refractivity contribution in [1.29, 1.82) is 5.26 Å². The van der Waals surface area contributed by atoms with E-state index in [1.54, 1.807) is 17.0 Å². The van der Waals surface area contributed by atoms with Crippen LogP contribution in [-0.2, 0) is 12.0 Å². The number of carbonyl (C=O) groups excluding carboxylic acids is 1. The van der Waals surface area contributed by atoms with Gasteiger partial charge in [-0.15, -0.1) is 0 Å². The number of benzene rings is 2. The number of H-pyrrole nitrogens is 1. The number of carbonyl (C=O) groups is 1. The van der Waals surface area contributed by atoms with Crippen LogP contribution in [0, 0.1) is 18.3 Å². The van der Waals surface area contributed by atoms with Crippen LogP contribution >= 0.6 is 0 Å². The average molecular weight is 453 g/mol. The first kappa shape index (κ1) is 23.1. The monoisotopic (exact) mass is 452 g/mol. The van der Waals surface area contributed by atoms with Crippen molar-refractivity contribution >= 4 is 22.5 Å². The highest BCUT2D eigenvalue weighted by atomic mass is 16.1. The SMILES string of the molecule is Cc1c(NC(=O)c2ccc(C(C)(C)C)cc2)cccc1-c1cn(CCC#N)c(=O)c2[nH]ccc12. The van der Waals surface area contributed by atoms with Crippen LogP contribution in [0.3, 0.4) is 0 Å². The first-order chi connectivity index (χ1) is 16.2. The van der Waals surface area contributed by atoms with E-state index >= 15 is 0 Å². The number of hydrogen-bond acceptors (Lipinski definition) is 3. The molecule has 0 unspecified atom stereocenters. The van der Waals surface area contributed by atoms with Gasteiger partial charge in [-0.25, -0.2) is 0 Å². The van der Waals surface area contributed by atoms with Gasteiger partial charge >= 0.3 is 0 Å². The number of rotatable bonds is 5. The van der Waals surface area contributed by atoms with Gasteiger partial charge in [0.15, 0.2) is 0 Å². The quantitative estimate of drug-likeness (QED) is 0.403. The molecule has 6 nitrogen and oxygen atoms in total. The zero-order valence-corrected chi connectivity index (χ0v) is 19.9. The van der Waals surface area contributed by atoms with Gasteiger partial charge in [0.1, 0.15) is 5.52 Å². The fraction of sp³-hybridized carbons (Fsp3) is 0.250. The van der Waals surface area contributed by atoms with E-state index in [2.05, 4.69) is 37.1 Å². The molecule has 0 saturated heterocycles. The van der Waals surface area contributed by atoms with Gasteiger partial charge in [0.25, 0.3) is 11.5 Å². The Bertz CT molecular complexity index is 1460. The summed E-state index contributed by atoms with van der Waals surface area (Å²) in [5.41, 5.74) is 5.53. The number of aromatic amines is 1. The molecule has 6 heteroatoms. The fourth-order valence-electron chi connectivity index (χ4n) is 4.13. The highest BCUT2D eigenvalue weighted by molar-refractivity contribution is 6.05. The van der Waals surface area contributed by atoms with E-state index in [1.165, 1.54) is 5.56 Å². The molecule has 0 spiro atoms.